The van der Waals surface area contributed by atoms with Crippen LogP contribution in [0.3, 0.4) is 0 Å². The maximum absolute atomic E-state index is 13.3. The summed E-state index contributed by atoms with van der Waals surface area (Å²) in [4.78, 5) is 26.6. The van der Waals surface area contributed by atoms with Gasteiger partial charge in [-0.15, -0.1) is 0 Å². The summed E-state index contributed by atoms with van der Waals surface area (Å²) >= 11 is 0. The number of rotatable bonds is 5. The fraction of sp³-hybridized carbons (Fsp3) is 0.357. The first kappa shape index (κ1) is 22.1. The van der Waals surface area contributed by atoms with Gasteiger partial charge in [0.15, 0.2) is 5.78 Å². The smallest absolute Gasteiger partial charge is 0.315 e. The minimum absolute atomic E-state index is 0.101. The van der Waals surface area contributed by atoms with Crippen molar-refractivity contribution in [1.82, 2.24) is 5.32 Å². The van der Waals surface area contributed by atoms with E-state index in [0.717, 1.165) is 28.8 Å². The van der Waals surface area contributed by atoms with Crippen molar-refractivity contribution in [2.75, 3.05) is 6.61 Å². The van der Waals surface area contributed by atoms with E-state index in [4.69, 9.17) is 4.74 Å². The molecule has 0 saturated carbocycles. The zero-order valence-electron chi connectivity index (χ0n) is 19.1. The van der Waals surface area contributed by atoms with Crippen molar-refractivity contribution >= 4 is 11.8 Å². The Morgan fingerprint density at radius 3 is 2.47 bits per heavy atom. The van der Waals surface area contributed by atoms with Gasteiger partial charge in [-0.05, 0) is 29.9 Å². The van der Waals surface area contributed by atoms with Gasteiger partial charge in [0, 0.05) is 35.7 Å². The van der Waals surface area contributed by atoms with E-state index < -0.39 is 5.92 Å². The van der Waals surface area contributed by atoms with Gasteiger partial charge in [0.1, 0.15) is 5.92 Å². The van der Waals surface area contributed by atoms with Crippen LogP contribution in [0, 0.1) is 18.3 Å². The summed E-state index contributed by atoms with van der Waals surface area (Å²) in [6.07, 6.45) is 1.87. The average Bonchev–Trinajstić information content (AvgIpc) is 2.73. The summed E-state index contributed by atoms with van der Waals surface area (Å²) in [7, 11) is 0. The summed E-state index contributed by atoms with van der Waals surface area (Å²) < 4.78 is 5.71. The molecule has 2 aromatic rings. The summed E-state index contributed by atoms with van der Waals surface area (Å²) in [6.45, 7) is 10.7. The van der Waals surface area contributed by atoms with Crippen LogP contribution in [0.5, 0.6) is 0 Å². The molecule has 1 aliphatic heterocycles. The van der Waals surface area contributed by atoms with Crippen LogP contribution in [0.25, 0.3) is 0 Å². The third kappa shape index (κ3) is 4.55. The number of nitrogens with one attached hydrogen (secondary N) is 1. The normalized spacial score (nSPS) is 22.2. The molecule has 166 valence electrons. The number of carbonyl (C=O) groups excluding carboxylic acids is 2. The van der Waals surface area contributed by atoms with E-state index in [1.54, 1.807) is 0 Å². The highest BCUT2D eigenvalue weighted by Crippen LogP contribution is 2.48. The Balaban J connectivity index is 1.65. The number of Topliss-reactive ketones (excluding diaryl/α,β-unsaturated/α-hetero) is 1. The van der Waals surface area contributed by atoms with Gasteiger partial charge in [-0.1, -0.05) is 80.6 Å². The number of aryl methyl sites for hydroxylation is 1. The van der Waals surface area contributed by atoms with Crippen LogP contribution in [0.15, 0.2) is 78.1 Å². The quantitative estimate of drug-likeness (QED) is 0.661. The molecule has 0 bridgehead atoms. The Labute approximate surface area is 190 Å². The van der Waals surface area contributed by atoms with Crippen molar-refractivity contribution in [2.45, 2.75) is 46.0 Å². The highest BCUT2D eigenvalue weighted by Gasteiger charge is 2.46. The molecule has 1 N–H and O–H groups in total. The van der Waals surface area contributed by atoms with Crippen LogP contribution in [0.2, 0.25) is 0 Å². The average molecular weight is 430 g/mol. The molecule has 32 heavy (non-hydrogen) atoms. The number of esters is 1. The second-order valence-corrected chi connectivity index (χ2v) is 9.75. The molecule has 4 nitrogen and oxygen atoms in total. The molecule has 2 atom stereocenters. The number of hydrogen-bond donors (Lipinski definition) is 1. The first-order valence-electron chi connectivity index (χ1n) is 11.2. The Bertz CT molecular complexity index is 1060. The van der Waals surface area contributed by atoms with Crippen LogP contribution >= 0.6 is 0 Å². The lowest BCUT2D eigenvalue weighted by molar-refractivity contribution is -0.147. The van der Waals surface area contributed by atoms with Crippen LogP contribution in [0.1, 0.15) is 49.3 Å². The molecule has 0 aromatic heterocycles. The zero-order valence-corrected chi connectivity index (χ0v) is 19.1. The van der Waals surface area contributed by atoms with Crippen molar-refractivity contribution in [3.8, 4) is 0 Å². The standard InChI is InChI=1S/C28H31NO3/c1-18-10-12-21(13-11-18)25-24(27(31)32-15-14-20-8-6-5-7-9-20)19(2)29-22-16-28(3,4)17-23(30)26(22)25/h5-13,24-25,29H,2,14-17H2,1,3-4H3. The third-order valence-corrected chi connectivity index (χ3v) is 6.42. The van der Waals surface area contributed by atoms with Crippen molar-refractivity contribution in [1.29, 1.82) is 0 Å². The lowest BCUT2D eigenvalue weighted by atomic mass is 9.66. The Hall–Kier alpha value is -3.14. The minimum Gasteiger partial charge on any atom is -0.465 e. The van der Waals surface area contributed by atoms with Gasteiger partial charge in [-0.3, -0.25) is 9.59 Å². The summed E-state index contributed by atoms with van der Waals surface area (Å²) in [6, 6.07) is 18.0. The van der Waals surface area contributed by atoms with E-state index in [-0.39, 0.29) is 23.1 Å². The highest BCUT2D eigenvalue weighted by molar-refractivity contribution is 6.00. The van der Waals surface area contributed by atoms with Crippen molar-refractivity contribution in [2.24, 2.45) is 11.3 Å². The van der Waals surface area contributed by atoms with E-state index in [1.165, 1.54) is 0 Å². The molecule has 0 spiro atoms. The van der Waals surface area contributed by atoms with E-state index >= 15 is 0 Å². The molecule has 2 unspecified atom stereocenters. The van der Waals surface area contributed by atoms with Crippen LogP contribution < -0.4 is 5.32 Å². The SMILES string of the molecule is C=C1NC2=C(C(=O)CC(C)(C)C2)C(c2ccc(C)cc2)C1C(=O)OCCc1ccccc1. The Kier molecular flexibility index (Phi) is 6.05. The second-order valence-electron chi connectivity index (χ2n) is 9.75. The number of allylic oxidation sites excluding steroid dienone is 2. The highest BCUT2D eigenvalue weighted by atomic mass is 16.5. The number of carbonyl (C=O) groups is 2. The van der Waals surface area contributed by atoms with Gasteiger partial charge < -0.3 is 10.1 Å². The van der Waals surface area contributed by atoms with Crippen molar-refractivity contribution in [3.63, 3.8) is 0 Å². The predicted octanol–water partition coefficient (Wildman–Crippen LogP) is 5.24. The topological polar surface area (TPSA) is 55.4 Å². The Morgan fingerprint density at radius 1 is 1.09 bits per heavy atom. The maximum atomic E-state index is 13.3. The first-order chi connectivity index (χ1) is 15.2. The predicted molar refractivity (Wildman–Crippen MR) is 126 cm³/mol. The first-order valence-corrected chi connectivity index (χ1v) is 11.2. The molecule has 1 aliphatic carbocycles. The van der Waals surface area contributed by atoms with E-state index in [0.29, 0.717) is 30.7 Å². The molecule has 2 aromatic carbocycles. The monoisotopic (exact) mass is 429 g/mol. The van der Waals surface area contributed by atoms with Gasteiger partial charge >= 0.3 is 5.97 Å². The molecule has 4 rings (SSSR count). The molecule has 0 radical (unpaired) electrons. The summed E-state index contributed by atoms with van der Waals surface area (Å²) in [5.41, 5.74) is 5.29. The summed E-state index contributed by atoms with van der Waals surface area (Å²) in [5.74, 6) is -1.26. The number of ether oxygens (including phenoxy) is 1. The zero-order chi connectivity index (χ0) is 22.9. The fourth-order valence-electron chi connectivity index (χ4n) is 4.86. The van der Waals surface area contributed by atoms with Crippen LogP contribution in [-0.4, -0.2) is 18.4 Å². The third-order valence-electron chi connectivity index (χ3n) is 6.42. The molecule has 0 amide bonds. The van der Waals surface area contributed by atoms with Crippen LogP contribution in [0.4, 0.5) is 0 Å². The lowest BCUT2D eigenvalue weighted by Crippen LogP contribution is -2.43. The van der Waals surface area contributed by atoms with E-state index in [2.05, 4.69) is 25.7 Å². The molecule has 4 heteroatoms. The molecule has 0 fully saturated rings. The lowest BCUT2D eigenvalue weighted by Gasteiger charge is -2.42. The van der Waals surface area contributed by atoms with Crippen molar-refractivity contribution in [3.05, 3.63) is 94.8 Å². The van der Waals surface area contributed by atoms with Gasteiger partial charge in [-0.25, -0.2) is 0 Å². The van der Waals surface area contributed by atoms with Gasteiger partial charge in [0.2, 0.25) is 0 Å². The van der Waals surface area contributed by atoms with Crippen molar-refractivity contribution < 1.29 is 14.3 Å². The summed E-state index contributed by atoms with van der Waals surface area (Å²) in [5, 5.41) is 3.32. The maximum Gasteiger partial charge on any atom is 0.315 e. The van der Waals surface area contributed by atoms with Gasteiger partial charge in [-0.2, -0.15) is 0 Å². The van der Waals surface area contributed by atoms with Crippen LogP contribution in [-0.2, 0) is 20.7 Å². The van der Waals surface area contributed by atoms with Gasteiger partial charge in [0.25, 0.3) is 0 Å². The van der Waals surface area contributed by atoms with E-state index in [9.17, 15) is 9.59 Å². The molecule has 0 saturated heterocycles. The van der Waals surface area contributed by atoms with E-state index in [1.807, 2.05) is 61.5 Å². The molecular formula is C28H31NO3. The molecule has 1 heterocycles. The molecular weight excluding hydrogens is 398 g/mol. The fourth-order valence-corrected chi connectivity index (χ4v) is 4.86. The Morgan fingerprint density at radius 2 is 1.78 bits per heavy atom. The van der Waals surface area contributed by atoms with Gasteiger partial charge in [0.05, 0.1) is 6.61 Å². The second kappa shape index (κ2) is 8.78. The number of hydrogen-bond acceptors (Lipinski definition) is 4. The number of ketones is 1. The number of benzene rings is 2. The minimum atomic E-state index is -0.641. The molecule has 2 aliphatic rings. The largest absolute Gasteiger partial charge is 0.465 e.